The van der Waals surface area contributed by atoms with Gasteiger partial charge in [-0.3, -0.25) is 0 Å². The van der Waals surface area contributed by atoms with E-state index in [1.54, 1.807) is 0 Å². The minimum absolute atomic E-state index is 0.525. The van der Waals surface area contributed by atoms with E-state index < -0.39 is 10.0 Å². The average Bonchev–Trinajstić information content (AvgIpc) is 1.82. The van der Waals surface area contributed by atoms with Crippen molar-refractivity contribution in [3.63, 3.8) is 0 Å². The van der Waals surface area contributed by atoms with E-state index in [-0.39, 0.29) is 0 Å². The summed E-state index contributed by atoms with van der Waals surface area (Å²) >= 11 is 0. The van der Waals surface area contributed by atoms with Crippen LogP contribution >= 0.6 is 0 Å². The first-order valence-corrected chi connectivity index (χ1v) is 6.02. The molecule has 0 spiro atoms. The van der Waals surface area contributed by atoms with Crippen molar-refractivity contribution in [1.82, 2.24) is 10.0 Å². The lowest BCUT2D eigenvalue weighted by molar-refractivity contribution is 0.235. The molecule has 0 aromatic rings. The molecule has 1 aliphatic carbocycles. The topological polar surface area (TPSA) is 58.2 Å². The van der Waals surface area contributed by atoms with E-state index in [1.165, 1.54) is 6.26 Å². The van der Waals surface area contributed by atoms with Crippen LogP contribution in [0.5, 0.6) is 0 Å². The number of rotatable bonds is 4. The predicted octanol–water partition coefficient (Wildman–Crippen LogP) is -0.466. The molecule has 2 N–H and O–H groups in total. The Morgan fingerprint density at radius 2 is 2.00 bits per heavy atom. The molecule has 1 fully saturated rings. The highest BCUT2D eigenvalue weighted by Crippen LogP contribution is 2.26. The summed E-state index contributed by atoms with van der Waals surface area (Å²) in [5.41, 5.74) is 0. The van der Waals surface area contributed by atoms with Crippen LogP contribution in [-0.2, 0) is 10.0 Å². The Kier molecular flexibility index (Phi) is 3.09. The summed E-state index contributed by atoms with van der Waals surface area (Å²) in [6, 6.07) is 0.594. The summed E-state index contributed by atoms with van der Waals surface area (Å²) < 4.78 is 23.9. The van der Waals surface area contributed by atoms with Gasteiger partial charge in [-0.15, -0.1) is 0 Å². The maximum Gasteiger partial charge on any atom is 0.208 e. The standard InChI is InChI=1S/C7H16N2O2S/c1-8-7-3-6(4-7)5-9-12(2,10)11/h6-9H,3-5H2,1-2H3/t6-,7-. The summed E-state index contributed by atoms with van der Waals surface area (Å²) in [6.07, 6.45) is 3.36. The van der Waals surface area contributed by atoms with Crippen LogP contribution in [0.25, 0.3) is 0 Å². The van der Waals surface area contributed by atoms with Gasteiger partial charge in [0.15, 0.2) is 0 Å². The van der Waals surface area contributed by atoms with Gasteiger partial charge in [-0.05, 0) is 25.8 Å². The monoisotopic (exact) mass is 192 g/mol. The van der Waals surface area contributed by atoms with Crippen LogP contribution in [0, 0.1) is 5.92 Å². The largest absolute Gasteiger partial charge is 0.317 e. The molecule has 12 heavy (non-hydrogen) atoms. The van der Waals surface area contributed by atoms with E-state index in [4.69, 9.17) is 0 Å². The zero-order chi connectivity index (χ0) is 9.19. The van der Waals surface area contributed by atoms with Gasteiger partial charge in [0.05, 0.1) is 6.26 Å². The van der Waals surface area contributed by atoms with E-state index in [1.807, 2.05) is 7.05 Å². The third kappa shape index (κ3) is 3.08. The number of hydrogen-bond donors (Lipinski definition) is 2. The predicted molar refractivity (Wildman–Crippen MR) is 48.4 cm³/mol. The highest BCUT2D eigenvalue weighted by Gasteiger charge is 2.27. The lowest BCUT2D eigenvalue weighted by Crippen LogP contribution is -2.44. The molecule has 1 saturated carbocycles. The fraction of sp³-hybridized carbons (Fsp3) is 1.00. The molecule has 0 aliphatic heterocycles. The first kappa shape index (κ1) is 9.95. The van der Waals surface area contributed by atoms with Crippen LogP contribution < -0.4 is 10.0 Å². The maximum absolute atomic E-state index is 10.7. The summed E-state index contributed by atoms with van der Waals surface area (Å²) in [4.78, 5) is 0. The first-order chi connectivity index (χ1) is 5.51. The molecule has 0 bridgehead atoms. The molecule has 0 atom stereocenters. The van der Waals surface area contributed by atoms with Crippen LogP contribution in [0.2, 0.25) is 0 Å². The number of sulfonamides is 1. The molecule has 0 heterocycles. The maximum atomic E-state index is 10.7. The van der Waals surface area contributed by atoms with Gasteiger partial charge < -0.3 is 5.32 Å². The summed E-state index contributed by atoms with van der Waals surface area (Å²) in [5, 5.41) is 3.15. The van der Waals surface area contributed by atoms with Gasteiger partial charge in [0.2, 0.25) is 10.0 Å². The lowest BCUT2D eigenvalue weighted by atomic mass is 9.80. The molecule has 0 aromatic carbocycles. The van der Waals surface area contributed by atoms with Crippen molar-refractivity contribution in [2.75, 3.05) is 19.8 Å². The minimum Gasteiger partial charge on any atom is -0.317 e. The van der Waals surface area contributed by atoms with Gasteiger partial charge in [0.25, 0.3) is 0 Å². The van der Waals surface area contributed by atoms with Crippen LogP contribution in [0.1, 0.15) is 12.8 Å². The summed E-state index contributed by atoms with van der Waals surface area (Å²) in [7, 11) is -1.05. The molecule has 0 aromatic heterocycles. The lowest BCUT2D eigenvalue weighted by Gasteiger charge is -2.34. The third-order valence-corrected chi connectivity index (χ3v) is 2.97. The van der Waals surface area contributed by atoms with Gasteiger partial charge in [0, 0.05) is 12.6 Å². The van der Waals surface area contributed by atoms with E-state index in [0.29, 0.717) is 18.5 Å². The first-order valence-electron chi connectivity index (χ1n) is 4.13. The molecule has 1 aliphatic rings. The second-order valence-electron chi connectivity index (χ2n) is 3.44. The van der Waals surface area contributed by atoms with Gasteiger partial charge in [-0.1, -0.05) is 0 Å². The van der Waals surface area contributed by atoms with Crippen LogP contribution in [0.3, 0.4) is 0 Å². The second-order valence-corrected chi connectivity index (χ2v) is 5.28. The normalized spacial score (nSPS) is 29.8. The molecule has 0 radical (unpaired) electrons. The SMILES string of the molecule is CN[C@H]1C[C@H](CNS(C)(=O)=O)C1. The Morgan fingerprint density at radius 3 is 2.42 bits per heavy atom. The van der Waals surface area contributed by atoms with E-state index in [2.05, 4.69) is 10.0 Å². The van der Waals surface area contributed by atoms with Crippen LogP contribution in [-0.4, -0.2) is 34.3 Å². The van der Waals surface area contributed by atoms with Gasteiger partial charge in [-0.25, -0.2) is 13.1 Å². The fourth-order valence-electron chi connectivity index (χ4n) is 1.41. The average molecular weight is 192 g/mol. The molecular weight excluding hydrogens is 176 g/mol. The Labute approximate surface area is 73.8 Å². The third-order valence-electron chi connectivity index (χ3n) is 2.28. The van der Waals surface area contributed by atoms with Gasteiger partial charge in [0.1, 0.15) is 0 Å². The smallest absolute Gasteiger partial charge is 0.208 e. The fourth-order valence-corrected chi connectivity index (χ4v) is 1.95. The zero-order valence-electron chi connectivity index (χ0n) is 7.50. The van der Waals surface area contributed by atoms with Crippen molar-refractivity contribution >= 4 is 10.0 Å². The van der Waals surface area contributed by atoms with Gasteiger partial charge in [-0.2, -0.15) is 0 Å². The van der Waals surface area contributed by atoms with E-state index in [9.17, 15) is 8.42 Å². The minimum atomic E-state index is -2.99. The van der Waals surface area contributed by atoms with Crippen molar-refractivity contribution in [1.29, 1.82) is 0 Å². The molecule has 0 saturated heterocycles. The van der Waals surface area contributed by atoms with Crippen LogP contribution in [0.4, 0.5) is 0 Å². The summed E-state index contributed by atoms with van der Waals surface area (Å²) in [5.74, 6) is 0.525. The number of nitrogens with one attached hydrogen (secondary N) is 2. The molecule has 0 unspecified atom stereocenters. The Morgan fingerprint density at radius 1 is 1.42 bits per heavy atom. The van der Waals surface area contributed by atoms with E-state index in [0.717, 1.165) is 12.8 Å². The van der Waals surface area contributed by atoms with E-state index >= 15 is 0 Å². The molecule has 4 nitrogen and oxygen atoms in total. The van der Waals surface area contributed by atoms with Crippen LogP contribution in [0.15, 0.2) is 0 Å². The number of hydrogen-bond acceptors (Lipinski definition) is 3. The zero-order valence-corrected chi connectivity index (χ0v) is 8.32. The second kappa shape index (κ2) is 3.72. The molecule has 1 rings (SSSR count). The quantitative estimate of drug-likeness (QED) is 0.633. The molecule has 72 valence electrons. The van der Waals surface area contributed by atoms with Gasteiger partial charge >= 0.3 is 0 Å². The van der Waals surface area contributed by atoms with Crippen molar-refractivity contribution in [3.8, 4) is 0 Å². The van der Waals surface area contributed by atoms with Crippen molar-refractivity contribution in [3.05, 3.63) is 0 Å². The highest BCUT2D eigenvalue weighted by atomic mass is 32.2. The van der Waals surface area contributed by atoms with Crippen molar-refractivity contribution in [2.45, 2.75) is 18.9 Å². The molecule has 5 heteroatoms. The molecule has 0 amide bonds. The Balaban J connectivity index is 2.12. The Bertz CT molecular complexity index is 232. The molecular formula is C7H16N2O2S. The highest BCUT2D eigenvalue weighted by molar-refractivity contribution is 7.88. The van der Waals surface area contributed by atoms with Crippen molar-refractivity contribution < 1.29 is 8.42 Å². The summed E-state index contributed by atoms with van der Waals surface area (Å²) in [6.45, 7) is 0.594. The Hall–Kier alpha value is -0.130. The van der Waals surface area contributed by atoms with Crippen molar-refractivity contribution in [2.24, 2.45) is 5.92 Å².